The van der Waals surface area contributed by atoms with E-state index in [0.717, 1.165) is 50.2 Å². The lowest BCUT2D eigenvalue weighted by molar-refractivity contribution is -0.113. The monoisotopic (exact) mass is 398 g/mol. The highest BCUT2D eigenvalue weighted by Gasteiger charge is 2.36. The van der Waals surface area contributed by atoms with E-state index < -0.39 is 6.23 Å². The van der Waals surface area contributed by atoms with Crippen molar-refractivity contribution in [2.45, 2.75) is 31.7 Å². The number of hydrogen-bond acceptors (Lipinski definition) is 4. The molecule has 1 fully saturated rings. The molecule has 4 nitrogen and oxygen atoms in total. The predicted molar refractivity (Wildman–Crippen MR) is 120 cm³/mol. The highest BCUT2D eigenvalue weighted by molar-refractivity contribution is 5.73. The largest absolute Gasteiger partial charge is 0.461 e. The van der Waals surface area contributed by atoms with Gasteiger partial charge >= 0.3 is 0 Å². The number of hydrogen-bond donors (Lipinski definition) is 0. The zero-order chi connectivity index (χ0) is 20.3. The zero-order valence-electron chi connectivity index (χ0n) is 17.0. The molecule has 4 heteroatoms. The molecular formula is C26H26N2O2. The summed E-state index contributed by atoms with van der Waals surface area (Å²) in [6.45, 7) is 3.01. The van der Waals surface area contributed by atoms with Gasteiger partial charge < -0.3 is 9.64 Å². The zero-order valence-corrected chi connectivity index (χ0v) is 17.0. The average molecular weight is 399 g/mol. The lowest BCUT2D eigenvalue weighted by Gasteiger charge is -2.38. The summed E-state index contributed by atoms with van der Waals surface area (Å²) in [5, 5.41) is 0. The van der Waals surface area contributed by atoms with Crippen molar-refractivity contribution in [1.29, 1.82) is 0 Å². The smallest absolute Gasteiger partial charge is 0.229 e. The van der Waals surface area contributed by atoms with Crippen LogP contribution in [0.4, 0.5) is 5.69 Å². The van der Waals surface area contributed by atoms with Gasteiger partial charge in [0.1, 0.15) is 5.75 Å². The number of ether oxygens (including phenoxy) is 1. The van der Waals surface area contributed by atoms with Gasteiger partial charge in [-0.05, 0) is 41.7 Å². The molecule has 0 aromatic heterocycles. The molecule has 0 spiro atoms. The van der Waals surface area contributed by atoms with E-state index in [-0.39, 0.29) is 0 Å². The van der Waals surface area contributed by atoms with Crippen LogP contribution in [0.1, 0.15) is 18.4 Å². The van der Waals surface area contributed by atoms with E-state index in [1.807, 2.05) is 24.3 Å². The Hall–Kier alpha value is -3.11. The van der Waals surface area contributed by atoms with E-state index in [1.54, 1.807) is 0 Å². The molecule has 30 heavy (non-hydrogen) atoms. The van der Waals surface area contributed by atoms with Gasteiger partial charge in [-0.15, -0.1) is 0 Å². The van der Waals surface area contributed by atoms with Crippen LogP contribution < -0.4 is 9.64 Å². The molecule has 1 unspecified atom stereocenters. The van der Waals surface area contributed by atoms with Crippen molar-refractivity contribution in [1.82, 2.24) is 4.90 Å². The maximum atomic E-state index is 11.6. The van der Waals surface area contributed by atoms with Crippen LogP contribution in [0.3, 0.4) is 0 Å². The van der Waals surface area contributed by atoms with Crippen LogP contribution >= 0.6 is 0 Å². The minimum absolute atomic E-state index is 0.334. The first-order chi connectivity index (χ1) is 14.8. The highest BCUT2D eigenvalue weighted by Crippen LogP contribution is 2.39. The van der Waals surface area contributed by atoms with Crippen molar-refractivity contribution in [3.05, 3.63) is 84.4 Å². The molecule has 152 valence electrons. The van der Waals surface area contributed by atoms with Crippen molar-refractivity contribution in [3.8, 4) is 16.9 Å². The number of benzene rings is 3. The number of anilines is 1. The van der Waals surface area contributed by atoms with Crippen LogP contribution in [0.25, 0.3) is 11.1 Å². The van der Waals surface area contributed by atoms with Crippen LogP contribution in [0.2, 0.25) is 0 Å². The van der Waals surface area contributed by atoms with E-state index >= 15 is 0 Å². The molecule has 3 aromatic rings. The van der Waals surface area contributed by atoms with Gasteiger partial charge in [0.05, 0.1) is 5.69 Å². The van der Waals surface area contributed by atoms with Crippen molar-refractivity contribution in [2.24, 2.45) is 0 Å². The first kappa shape index (κ1) is 18.9. The number of carbonyl (C=O) groups is 1. The van der Waals surface area contributed by atoms with Gasteiger partial charge in [-0.3, -0.25) is 9.69 Å². The first-order valence-electron chi connectivity index (χ1n) is 10.7. The third kappa shape index (κ3) is 3.71. The summed E-state index contributed by atoms with van der Waals surface area (Å²) in [4.78, 5) is 16.3. The number of fused-ring (bicyclic) bond motifs is 1. The van der Waals surface area contributed by atoms with Crippen molar-refractivity contribution in [2.75, 3.05) is 18.0 Å². The average Bonchev–Trinajstić information content (AvgIpc) is 3.19. The van der Waals surface area contributed by atoms with Gasteiger partial charge in [-0.25, -0.2) is 0 Å². The van der Waals surface area contributed by atoms with Crippen molar-refractivity contribution >= 4 is 12.0 Å². The summed E-state index contributed by atoms with van der Waals surface area (Å²) < 4.78 is 5.84. The summed E-state index contributed by atoms with van der Waals surface area (Å²) in [6.07, 6.45) is 2.49. The van der Waals surface area contributed by atoms with Gasteiger partial charge in [0.25, 0.3) is 0 Å². The molecule has 2 aliphatic heterocycles. The van der Waals surface area contributed by atoms with Crippen LogP contribution in [0, 0.1) is 0 Å². The molecule has 0 amide bonds. The molecular weight excluding hydrogens is 372 g/mol. The third-order valence-electron chi connectivity index (χ3n) is 6.20. The Balaban J connectivity index is 1.21. The van der Waals surface area contributed by atoms with E-state index in [4.69, 9.17) is 4.74 Å². The molecule has 1 saturated heterocycles. The second-order valence-corrected chi connectivity index (χ2v) is 8.09. The minimum Gasteiger partial charge on any atom is -0.461 e. The van der Waals surface area contributed by atoms with Crippen LogP contribution in [-0.4, -0.2) is 36.5 Å². The number of carbonyl (C=O) groups excluding carboxylic acids is 1. The van der Waals surface area contributed by atoms with E-state index in [9.17, 15) is 4.79 Å². The van der Waals surface area contributed by atoms with Gasteiger partial charge in [0.2, 0.25) is 6.23 Å². The molecule has 2 aliphatic rings. The maximum absolute atomic E-state index is 11.6. The Kier molecular flexibility index (Phi) is 5.24. The summed E-state index contributed by atoms with van der Waals surface area (Å²) in [5.41, 5.74) is 4.90. The lowest BCUT2D eigenvalue weighted by Crippen LogP contribution is -2.49. The Morgan fingerprint density at radius 3 is 2.23 bits per heavy atom. The Labute approximate surface area is 177 Å². The van der Waals surface area contributed by atoms with E-state index in [2.05, 4.69) is 64.4 Å². The van der Waals surface area contributed by atoms with Crippen molar-refractivity contribution in [3.63, 3.8) is 0 Å². The van der Waals surface area contributed by atoms with Gasteiger partial charge in [-0.2, -0.15) is 0 Å². The fourth-order valence-electron chi connectivity index (χ4n) is 4.64. The van der Waals surface area contributed by atoms with Crippen LogP contribution in [0.15, 0.2) is 78.9 Å². The normalized spacial score (nSPS) is 19.3. The van der Waals surface area contributed by atoms with Gasteiger partial charge in [0, 0.05) is 25.7 Å². The fourth-order valence-corrected chi connectivity index (χ4v) is 4.64. The molecule has 0 aliphatic carbocycles. The van der Waals surface area contributed by atoms with E-state index in [1.165, 1.54) is 16.7 Å². The third-order valence-corrected chi connectivity index (χ3v) is 6.20. The Bertz CT molecular complexity index is 995. The van der Waals surface area contributed by atoms with Crippen LogP contribution in [0.5, 0.6) is 5.75 Å². The maximum Gasteiger partial charge on any atom is 0.229 e. The lowest BCUT2D eigenvalue weighted by atomic mass is 10.0. The predicted octanol–water partition coefficient (Wildman–Crippen LogP) is 4.74. The number of rotatable bonds is 5. The molecule has 0 bridgehead atoms. The molecule has 2 heterocycles. The highest BCUT2D eigenvalue weighted by atomic mass is 16.5. The molecule has 0 saturated carbocycles. The number of aldehydes is 1. The second kappa shape index (κ2) is 8.33. The standard InChI is InChI=1S/C26H26N2O2/c29-19-26-28(24-8-4-5-9-25(24)30-26)23-14-16-27(17-15-23)18-20-10-12-22(13-11-20)21-6-2-1-3-7-21/h1-13,19,23,26H,14-18H2. The molecule has 3 aromatic carbocycles. The second-order valence-electron chi connectivity index (χ2n) is 8.09. The summed E-state index contributed by atoms with van der Waals surface area (Å²) in [5.74, 6) is 0.815. The summed E-state index contributed by atoms with van der Waals surface area (Å²) >= 11 is 0. The molecule has 0 radical (unpaired) electrons. The number of piperidine rings is 1. The number of likely N-dealkylation sites (tertiary alicyclic amines) is 1. The first-order valence-corrected chi connectivity index (χ1v) is 10.7. The SMILES string of the molecule is O=CC1Oc2ccccc2N1C1CCN(Cc2ccc(-c3ccccc3)cc2)CC1. The topological polar surface area (TPSA) is 32.8 Å². The van der Waals surface area contributed by atoms with Crippen molar-refractivity contribution < 1.29 is 9.53 Å². The van der Waals surface area contributed by atoms with E-state index in [0.29, 0.717) is 6.04 Å². The molecule has 5 rings (SSSR count). The number of nitrogens with zero attached hydrogens (tertiary/aromatic N) is 2. The minimum atomic E-state index is -0.496. The number of para-hydroxylation sites is 2. The molecule has 1 atom stereocenters. The summed E-state index contributed by atoms with van der Waals surface area (Å²) in [6, 6.07) is 27.7. The van der Waals surface area contributed by atoms with Gasteiger partial charge in [0.15, 0.2) is 6.29 Å². The Morgan fingerprint density at radius 2 is 1.50 bits per heavy atom. The summed E-state index contributed by atoms with van der Waals surface area (Å²) in [7, 11) is 0. The van der Waals surface area contributed by atoms with Crippen LogP contribution in [-0.2, 0) is 11.3 Å². The Morgan fingerprint density at radius 1 is 0.833 bits per heavy atom. The fraction of sp³-hybridized carbons (Fsp3) is 0.269. The van der Waals surface area contributed by atoms with Gasteiger partial charge in [-0.1, -0.05) is 66.7 Å². The quantitative estimate of drug-likeness (QED) is 0.581. The molecule has 0 N–H and O–H groups in total.